The molecule has 1 atom stereocenters. The van der Waals surface area contributed by atoms with Crippen LogP contribution in [0.3, 0.4) is 0 Å². The summed E-state index contributed by atoms with van der Waals surface area (Å²) in [6.45, 7) is 8.74. The van der Waals surface area contributed by atoms with E-state index in [1.165, 1.54) is 0 Å². The predicted octanol–water partition coefficient (Wildman–Crippen LogP) is 4.01. The van der Waals surface area contributed by atoms with Crippen molar-refractivity contribution in [3.63, 3.8) is 0 Å². The van der Waals surface area contributed by atoms with Gasteiger partial charge in [-0.1, -0.05) is 32.0 Å². The molecule has 0 spiro atoms. The molecule has 0 fully saturated rings. The summed E-state index contributed by atoms with van der Waals surface area (Å²) in [5.74, 6) is 0.681. The van der Waals surface area contributed by atoms with Crippen molar-refractivity contribution in [1.82, 2.24) is 9.97 Å². The third kappa shape index (κ3) is 3.02. The Morgan fingerprint density at radius 1 is 1.15 bits per heavy atom. The van der Waals surface area contributed by atoms with Crippen molar-refractivity contribution in [2.75, 3.05) is 6.61 Å². The Kier molecular flexibility index (Phi) is 4.07. The van der Waals surface area contributed by atoms with Crippen LogP contribution in [0.2, 0.25) is 0 Å². The Hall–Kier alpha value is -2.66. The van der Waals surface area contributed by atoms with Gasteiger partial charge in [-0.05, 0) is 54.3 Å². The largest absolute Gasteiger partial charge is 0.475 e. The summed E-state index contributed by atoms with van der Waals surface area (Å²) in [6, 6.07) is 12.2. The monoisotopic (exact) mass is 363 g/mol. The average molecular weight is 363 g/mol. The van der Waals surface area contributed by atoms with Crippen LogP contribution in [0.4, 0.5) is 0 Å². The maximum atomic E-state index is 11.5. The molecule has 0 radical (unpaired) electrons. The van der Waals surface area contributed by atoms with Crippen LogP contribution >= 0.6 is 0 Å². The van der Waals surface area contributed by atoms with Gasteiger partial charge in [0.15, 0.2) is 0 Å². The Labute approximate surface area is 159 Å². The lowest BCUT2D eigenvalue weighted by atomic mass is 9.80. The molecule has 0 saturated heterocycles. The molecule has 5 heteroatoms. The Morgan fingerprint density at radius 2 is 1.89 bits per heavy atom. The van der Waals surface area contributed by atoms with Crippen molar-refractivity contribution >= 4 is 16.7 Å². The van der Waals surface area contributed by atoms with Crippen LogP contribution in [0.5, 0.6) is 0 Å². The molecular weight excluding hydrogens is 338 g/mol. The fourth-order valence-corrected chi connectivity index (χ4v) is 3.61. The zero-order valence-electron chi connectivity index (χ0n) is 16.2. The summed E-state index contributed by atoms with van der Waals surface area (Å²) in [6.07, 6.45) is 3.28. The first kappa shape index (κ1) is 17.7. The molecule has 0 saturated carbocycles. The van der Waals surface area contributed by atoms with Crippen LogP contribution in [0.15, 0.2) is 53.9 Å². The molecule has 1 aromatic heterocycles. The van der Waals surface area contributed by atoms with Crippen LogP contribution in [-0.2, 0) is 10.3 Å². The van der Waals surface area contributed by atoms with Gasteiger partial charge in [0.1, 0.15) is 12.2 Å². The molecule has 2 N–H and O–H groups in total. The highest BCUT2D eigenvalue weighted by Gasteiger charge is 2.36. The molecule has 0 amide bonds. The fraction of sp³-hybridized carbons (Fsp3) is 0.364. The number of rotatable bonds is 4. The van der Waals surface area contributed by atoms with E-state index in [0.29, 0.717) is 18.2 Å². The Morgan fingerprint density at radius 3 is 2.52 bits per heavy atom. The van der Waals surface area contributed by atoms with E-state index in [0.717, 1.165) is 21.9 Å². The fourth-order valence-electron chi connectivity index (χ4n) is 3.61. The van der Waals surface area contributed by atoms with E-state index in [4.69, 9.17) is 4.74 Å². The second kappa shape index (κ2) is 6.20. The van der Waals surface area contributed by atoms with Gasteiger partial charge in [-0.25, -0.2) is 9.98 Å². The third-order valence-electron chi connectivity index (χ3n) is 5.24. The van der Waals surface area contributed by atoms with Crippen LogP contribution in [0.25, 0.3) is 10.8 Å². The van der Waals surface area contributed by atoms with Crippen LogP contribution < -0.4 is 0 Å². The first-order chi connectivity index (χ1) is 12.8. The first-order valence-corrected chi connectivity index (χ1v) is 9.28. The van der Waals surface area contributed by atoms with Gasteiger partial charge in [0.05, 0.1) is 23.8 Å². The van der Waals surface area contributed by atoms with Gasteiger partial charge in [0.25, 0.3) is 0 Å². The van der Waals surface area contributed by atoms with E-state index in [-0.39, 0.29) is 11.5 Å². The number of nitrogens with zero attached hydrogens (tertiary/aromatic N) is 2. The molecule has 3 aromatic rings. The number of ether oxygens (including phenoxy) is 1. The summed E-state index contributed by atoms with van der Waals surface area (Å²) in [5.41, 5.74) is 1.23. The molecule has 4 rings (SSSR count). The molecule has 5 nitrogen and oxygen atoms in total. The Balaban J connectivity index is 1.76. The van der Waals surface area contributed by atoms with Crippen molar-refractivity contribution in [3.8, 4) is 0 Å². The van der Waals surface area contributed by atoms with Gasteiger partial charge in [-0.3, -0.25) is 0 Å². The molecule has 1 unspecified atom stereocenters. The number of aliphatic imine (C=N–C) groups is 1. The number of aliphatic hydroxyl groups is 1. The lowest BCUT2D eigenvalue weighted by Gasteiger charge is -2.32. The van der Waals surface area contributed by atoms with Crippen molar-refractivity contribution in [1.29, 1.82) is 0 Å². The molecule has 2 heterocycles. The number of fused-ring (bicyclic) bond motifs is 1. The van der Waals surface area contributed by atoms with Crippen LogP contribution in [0, 0.1) is 5.92 Å². The third-order valence-corrected chi connectivity index (χ3v) is 5.24. The zero-order chi connectivity index (χ0) is 19.2. The average Bonchev–Trinajstić information content (AvgIpc) is 3.29. The predicted molar refractivity (Wildman–Crippen MR) is 107 cm³/mol. The molecule has 0 bridgehead atoms. The highest BCUT2D eigenvalue weighted by Crippen LogP contribution is 2.37. The maximum absolute atomic E-state index is 11.5. The second-order valence-corrected chi connectivity index (χ2v) is 8.18. The lowest BCUT2D eigenvalue weighted by molar-refractivity contribution is 0.0281. The van der Waals surface area contributed by atoms with Crippen molar-refractivity contribution in [2.24, 2.45) is 10.9 Å². The summed E-state index contributed by atoms with van der Waals surface area (Å²) in [4.78, 5) is 11.8. The number of nitrogens with one attached hydrogen (secondary N) is 1. The van der Waals surface area contributed by atoms with Crippen LogP contribution in [-0.4, -0.2) is 33.1 Å². The molecule has 2 aromatic carbocycles. The summed E-state index contributed by atoms with van der Waals surface area (Å²) >= 11 is 0. The van der Waals surface area contributed by atoms with E-state index in [9.17, 15) is 5.11 Å². The minimum absolute atomic E-state index is 0.0156. The van der Waals surface area contributed by atoms with Gasteiger partial charge in [-0.2, -0.15) is 0 Å². The van der Waals surface area contributed by atoms with Gasteiger partial charge >= 0.3 is 0 Å². The minimum Gasteiger partial charge on any atom is -0.475 e. The second-order valence-electron chi connectivity index (χ2n) is 8.18. The maximum Gasteiger partial charge on any atom is 0.216 e. The van der Waals surface area contributed by atoms with Crippen molar-refractivity contribution in [2.45, 2.75) is 38.8 Å². The van der Waals surface area contributed by atoms with E-state index in [1.54, 1.807) is 12.5 Å². The summed E-state index contributed by atoms with van der Waals surface area (Å²) in [7, 11) is 0. The normalized spacial score (nSPS) is 18.4. The van der Waals surface area contributed by atoms with E-state index < -0.39 is 5.60 Å². The molecule has 140 valence electrons. The minimum atomic E-state index is -1.12. The summed E-state index contributed by atoms with van der Waals surface area (Å²) in [5, 5.41) is 13.6. The quantitative estimate of drug-likeness (QED) is 0.736. The molecule has 1 aliphatic heterocycles. The number of H-pyrrole nitrogens is 1. The van der Waals surface area contributed by atoms with Gasteiger partial charge in [0.2, 0.25) is 5.90 Å². The van der Waals surface area contributed by atoms with Gasteiger partial charge < -0.3 is 14.8 Å². The SMILES string of the molecule is CC(C)C(O)(c1ccc2cc(C3=NC(C)(C)CO3)ccc2c1)c1cnc[nH]1. The zero-order valence-corrected chi connectivity index (χ0v) is 16.2. The van der Waals surface area contributed by atoms with Gasteiger partial charge in [0, 0.05) is 5.56 Å². The molecule has 27 heavy (non-hydrogen) atoms. The number of aromatic amines is 1. The van der Waals surface area contributed by atoms with E-state index in [1.807, 2.05) is 38.1 Å². The van der Waals surface area contributed by atoms with E-state index >= 15 is 0 Å². The smallest absolute Gasteiger partial charge is 0.216 e. The summed E-state index contributed by atoms with van der Waals surface area (Å²) < 4.78 is 5.76. The van der Waals surface area contributed by atoms with Crippen LogP contribution in [0.1, 0.15) is 44.5 Å². The highest BCUT2D eigenvalue weighted by molar-refractivity contribution is 5.99. The van der Waals surface area contributed by atoms with Crippen molar-refractivity contribution in [3.05, 3.63) is 65.7 Å². The number of hydrogen-bond donors (Lipinski definition) is 2. The molecule has 0 aliphatic carbocycles. The van der Waals surface area contributed by atoms with Gasteiger partial charge in [-0.15, -0.1) is 0 Å². The number of benzene rings is 2. The topological polar surface area (TPSA) is 70.5 Å². The molecule has 1 aliphatic rings. The number of imidazole rings is 1. The molecular formula is C22H25N3O2. The number of hydrogen-bond acceptors (Lipinski definition) is 4. The van der Waals surface area contributed by atoms with E-state index in [2.05, 4.69) is 40.9 Å². The van der Waals surface area contributed by atoms with Crippen molar-refractivity contribution < 1.29 is 9.84 Å². The standard InChI is InChI=1S/C22H25N3O2/c1-14(2)22(26,19-11-23-13-24-19)18-8-7-15-9-17(6-5-16(15)10-18)20-25-21(3,4)12-27-20/h5-11,13-14,26H,12H2,1-4H3,(H,23,24). The Bertz CT molecular complexity index is 1010. The first-order valence-electron chi connectivity index (χ1n) is 9.28. The highest BCUT2D eigenvalue weighted by atomic mass is 16.5. The lowest BCUT2D eigenvalue weighted by Crippen LogP contribution is -2.33. The number of aromatic nitrogens is 2.